The zero-order chi connectivity index (χ0) is 18.6. The fraction of sp³-hybridized carbons (Fsp3) is 0.364. The molecule has 0 aliphatic carbocycles. The number of benzene rings is 1. The van der Waals surface area contributed by atoms with Gasteiger partial charge in [0.15, 0.2) is 0 Å². The zero-order valence-electron chi connectivity index (χ0n) is 15.6. The highest BCUT2D eigenvalue weighted by molar-refractivity contribution is 5.80. The van der Waals surface area contributed by atoms with Crippen LogP contribution in [0.15, 0.2) is 53.6 Å². The van der Waals surface area contributed by atoms with Crippen molar-refractivity contribution < 1.29 is 4.74 Å². The second kappa shape index (κ2) is 7.92. The molecule has 140 valence electrons. The minimum Gasteiger partial charge on any atom is -0.494 e. The van der Waals surface area contributed by atoms with E-state index in [9.17, 15) is 4.79 Å². The Morgan fingerprint density at radius 1 is 1.26 bits per heavy atom. The Morgan fingerprint density at radius 3 is 3.00 bits per heavy atom. The van der Waals surface area contributed by atoms with E-state index < -0.39 is 0 Å². The molecule has 3 aromatic rings. The highest BCUT2D eigenvalue weighted by Gasteiger charge is 2.24. The van der Waals surface area contributed by atoms with Gasteiger partial charge in [-0.3, -0.25) is 14.7 Å². The van der Waals surface area contributed by atoms with E-state index in [0.717, 1.165) is 41.6 Å². The van der Waals surface area contributed by atoms with E-state index in [1.807, 2.05) is 43.5 Å². The fourth-order valence-electron chi connectivity index (χ4n) is 3.95. The maximum Gasteiger partial charge on any atom is 0.252 e. The Labute approximate surface area is 159 Å². The van der Waals surface area contributed by atoms with Crippen LogP contribution in [-0.4, -0.2) is 28.0 Å². The molecule has 4 rings (SSSR count). The molecule has 1 aromatic carbocycles. The van der Waals surface area contributed by atoms with E-state index in [1.165, 1.54) is 12.0 Å². The molecule has 1 atom stereocenters. The van der Waals surface area contributed by atoms with Crippen molar-refractivity contribution in [1.29, 1.82) is 0 Å². The molecule has 5 nitrogen and oxygen atoms in total. The van der Waals surface area contributed by atoms with Gasteiger partial charge >= 0.3 is 0 Å². The number of H-pyrrole nitrogens is 1. The van der Waals surface area contributed by atoms with Crippen LogP contribution in [-0.2, 0) is 6.54 Å². The number of ether oxygens (including phenoxy) is 1. The van der Waals surface area contributed by atoms with Crippen molar-refractivity contribution >= 4 is 10.9 Å². The number of nitrogens with one attached hydrogen (secondary N) is 1. The third-order valence-electron chi connectivity index (χ3n) is 5.26. The smallest absolute Gasteiger partial charge is 0.252 e. The lowest BCUT2D eigenvalue weighted by Gasteiger charge is -2.35. The number of fused-ring (bicyclic) bond motifs is 1. The van der Waals surface area contributed by atoms with Crippen molar-refractivity contribution in [2.45, 2.75) is 38.8 Å². The Bertz CT molecular complexity index is 968. The number of aromatic amines is 1. The molecule has 1 fully saturated rings. The summed E-state index contributed by atoms with van der Waals surface area (Å²) in [6.45, 7) is 4.24. The van der Waals surface area contributed by atoms with Gasteiger partial charge in [0, 0.05) is 41.4 Å². The van der Waals surface area contributed by atoms with E-state index in [4.69, 9.17) is 4.74 Å². The number of likely N-dealkylation sites (tertiary alicyclic amines) is 1. The highest BCUT2D eigenvalue weighted by atomic mass is 16.5. The summed E-state index contributed by atoms with van der Waals surface area (Å²) < 4.78 is 5.60. The highest BCUT2D eigenvalue weighted by Crippen LogP contribution is 2.31. The van der Waals surface area contributed by atoms with Crippen molar-refractivity contribution in [3.63, 3.8) is 0 Å². The summed E-state index contributed by atoms with van der Waals surface area (Å²) >= 11 is 0. The van der Waals surface area contributed by atoms with Gasteiger partial charge in [0.05, 0.1) is 6.61 Å². The lowest BCUT2D eigenvalue weighted by molar-refractivity contribution is 0.139. The number of hydrogen-bond donors (Lipinski definition) is 1. The molecule has 1 aliphatic heterocycles. The zero-order valence-corrected chi connectivity index (χ0v) is 15.6. The molecule has 3 heterocycles. The van der Waals surface area contributed by atoms with Crippen LogP contribution in [0.3, 0.4) is 0 Å². The van der Waals surface area contributed by atoms with Crippen LogP contribution in [0.1, 0.15) is 43.4 Å². The van der Waals surface area contributed by atoms with E-state index in [-0.39, 0.29) is 5.56 Å². The van der Waals surface area contributed by atoms with Crippen LogP contribution in [0.5, 0.6) is 5.75 Å². The van der Waals surface area contributed by atoms with Crippen molar-refractivity contribution in [1.82, 2.24) is 14.9 Å². The summed E-state index contributed by atoms with van der Waals surface area (Å²) in [5, 5.41) is 1.01. The van der Waals surface area contributed by atoms with Crippen LogP contribution in [0.2, 0.25) is 0 Å². The molecule has 0 unspecified atom stereocenters. The van der Waals surface area contributed by atoms with Crippen LogP contribution in [0.25, 0.3) is 10.9 Å². The van der Waals surface area contributed by atoms with Gasteiger partial charge in [-0.1, -0.05) is 12.5 Å². The SMILES string of the molecule is CCOc1ccc2[nH]c(=O)c(CN3CCCC[C@@H]3c3cccnc3)cc2c1. The molecule has 0 amide bonds. The van der Waals surface area contributed by atoms with Crippen molar-refractivity contribution in [2.75, 3.05) is 13.2 Å². The van der Waals surface area contributed by atoms with Crippen molar-refractivity contribution in [3.05, 3.63) is 70.3 Å². The summed E-state index contributed by atoms with van der Waals surface area (Å²) in [6, 6.07) is 12.2. The molecular weight excluding hydrogens is 338 g/mol. The minimum atomic E-state index is -0.0119. The van der Waals surface area contributed by atoms with E-state index in [1.54, 1.807) is 6.20 Å². The summed E-state index contributed by atoms with van der Waals surface area (Å²) in [6.07, 6.45) is 7.23. The van der Waals surface area contributed by atoms with Crippen LogP contribution < -0.4 is 10.3 Å². The average Bonchev–Trinajstić information content (AvgIpc) is 2.70. The molecule has 1 N–H and O–H groups in total. The van der Waals surface area contributed by atoms with Gasteiger partial charge in [0.1, 0.15) is 5.75 Å². The maximum atomic E-state index is 12.6. The second-order valence-electron chi connectivity index (χ2n) is 7.07. The number of aromatic nitrogens is 2. The molecule has 5 heteroatoms. The van der Waals surface area contributed by atoms with Gasteiger partial charge in [-0.2, -0.15) is 0 Å². The van der Waals surface area contributed by atoms with E-state index in [2.05, 4.69) is 20.9 Å². The molecule has 0 spiro atoms. The number of hydrogen-bond acceptors (Lipinski definition) is 4. The van der Waals surface area contributed by atoms with Crippen LogP contribution in [0, 0.1) is 0 Å². The second-order valence-corrected chi connectivity index (χ2v) is 7.07. The van der Waals surface area contributed by atoms with Crippen LogP contribution >= 0.6 is 0 Å². The predicted octanol–water partition coefficient (Wildman–Crippen LogP) is 4.05. The fourth-order valence-corrected chi connectivity index (χ4v) is 3.95. The maximum absolute atomic E-state index is 12.6. The number of nitrogens with zero attached hydrogens (tertiary/aromatic N) is 2. The molecule has 2 aromatic heterocycles. The molecule has 0 saturated carbocycles. The monoisotopic (exact) mass is 363 g/mol. The first-order chi connectivity index (χ1) is 13.2. The predicted molar refractivity (Wildman–Crippen MR) is 107 cm³/mol. The largest absolute Gasteiger partial charge is 0.494 e. The summed E-state index contributed by atoms with van der Waals surface area (Å²) in [5.74, 6) is 0.828. The van der Waals surface area contributed by atoms with Crippen LogP contribution in [0.4, 0.5) is 0 Å². The number of pyridine rings is 2. The van der Waals surface area contributed by atoms with Gasteiger partial charge in [0.25, 0.3) is 5.56 Å². The van der Waals surface area contributed by atoms with Gasteiger partial charge in [0.2, 0.25) is 0 Å². The topological polar surface area (TPSA) is 58.2 Å². The normalized spacial score (nSPS) is 17.9. The summed E-state index contributed by atoms with van der Waals surface area (Å²) in [5.41, 5.74) is 2.86. The molecule has 1 aliphatic rings. The lowest BCUT2D eigenvalue weighted by Crippen LogP contribution is -2.34. The molecule has 0 radical (unpaired) electrons. The Morgan fingerprint density at radius 2 is 2.19 bits per heavy atom. The molecule has 27 heavy (non-hydrogen) atoms. The quantitative estimate of drug-likeness (QED) is 0.743. The summed E-state index contributed by atoms with van der Waals surface area (Å²) in [7, 11) is 0. The van der Waals surface area contributed by atoms with Gasteiger partial charge in [-0.05, 0) is 62.2 Å². The molecular formula is C22H25N3O2. The summed E-state index contributed by atoms with van der Waals surface area (Å²) in [4.78, 5) is 22.3. The van der Waals surface area contributed by atoms with E-state index in [0.29, 0.717) is 19.2 Å². The Kier molecular flexibility index (Phi) is 5.21. The molecule has 1 saturated heterocycles. The first kappa shape index (κ1) is 17.7. The van der Waals surface area contributed by atoms with E-state index >= 15 is 0 Å². The first-order valence-electron chi connectivity index (χ1n) is 9.67. The number of rotatable bonds is 5. The van der Waals surface area contributed by atoms with Crippen molar-refractivity contribution in [3.8, 4) is 5.75 Å². The lowest BCUT2D eigenvalue weighted by atomic mass is 9.96. The third kappa shape index (κ3) is 3.88. The van der Waals surface area contributed by atoms with Crippen molar-refractivity contribution in [2.24, 2.45) is 0 Å². The molecule has 0 bridgehead atoms. The van der Waals surface area contributed by atoms with Gasteiger partial charge in [-0.15, -0.1) is 0 Å². The standard InChI is InChI=1S/C22H25N3O2/c1-2-27-19-8-9-20-17(13-19)12-18(22(26)24-20)15-25-11-4-3-7-21(25)16-6-5-10-23-14-16/h5-6,8-10,12-14,21H,2-4,7,11,15H2,1H3,(H,24,26)/t21-/m1/s1. The Hall–Kier alpha value is -2.66. The Balaban J connectivity index is 1.64. The third-order valence-corrected chi connectivity index (χ3v) is 5.26. The number of piperidine rings is 1. The minimum absolute atomic E-state index is 0.0119. The van der Waals surface area contributed by atoms with Gasteiger partial charge < -0.3 is 9.72 Å². The first-order valence-corrected chi connectivity index (χ1v) is 9.67. The van der Waals surface area contributed by atoms with Gasteiger partial charge in [-0.25, -0.2) is 0 Å². The average molecular weight is 363 g/mol.